The third kappa shape index (κ3) is 3.60. The number of fused-ring (bicyclic) bond motifs is 1. The van der Waals surface area contributed by atoms with Crippen LogP contribution in [0.15, 0.2) is 47.4 Å². The first-order valence-electron chi connectivity index (χ1n) is 5.67. The molecule has 0 unspecified atom stereocenters. The highest BCUT2D eigenvalue weighted by molar-refractivity contribution is 5.92. The van der Waals surface area contributed by atoms with Gasteiger partial charge < -0.3 is 10.2 Å². The van der Waals surface area contributed by atoms with Crippen molar-refractivity contribution < 1.29 is 24.4 Å². The van der Waals surface area contributed by atoms with Gasteiger partial charge in [0.05, 0.1) is 11.1 Å². The Hall–Kier alpha value is -3.29. The van der Waals surface area contributed by atoms with Crippen LogP contribution >= 0.6 is 0 Å². The van der Waals surface area contributed by atoms with Gasteiger partial charge in [0.2, 0.25) is 0 Å². The summed E-state index contributed by atoms with van der Waals surface area (Å²) in [4.78, 5) is 24.2. The number of hydrogen-bond donors (Lipinski definition) is 2. The molecule has 21 heavy (non-hydrogen) atoms. The molecule has 8 heteroatoms. The number of hydrogen-bond acceptors (Lipinski definition) is 6. The van der Waals surface area contributed by atoms with Crippen molar-refractivity contribution in [3.63, 3.8) is 0 Å². The maximum absolute atomic E-state index is 10.3. The topological polar surface area (TPSA) is 126 Å². The molecule has 2 heterocycles. The molecule has 1 aromatic carbocycles. The molecule has 0 radical (unpaired) electrons. The molecule has 2 N–H and O–H groups in total. The van der Waals surface area contributed by atoms with E-state index in [1.807, 2.05) is 24.3 Å². The van der Waals surface area contributed by atoms with E-state index in [9.17, 15) is 9.59 Å². The number of carboxylic acid groups (broad SMARTS) is 2. The van der Waals surface area contributed by atoms with Crippen LogP contribution in [-0.2, 0) is 0 Å². The number of benzene rings is 1. The Kier molecular flexibility index (Phi) is 4.20. The summed E-state index contributed by atoms with van der Waals surface area (Å²) < 4.78 is 4.46. The summed E-state index contributed by atoms with van der Waals surface area (Å²) >= 11 is 0. The van der Waals surface area contributed by atoms with Gasteiger partial charge in [0.25, 0.3) is 0 Å². The van der Waals surface area contributed by atoms with E-state index in [0.29, 0.717) is 0 Å². The number of carbonyl (C=O) groups is 2. The highest BCUT2D eigenvalue weighted by Crippen LogP contribution is 2.05. The van der Waals surface area contributed by atoms with Gasteiger partial charge in [-0.15, -0.1) is 0 Å². The van der Waals surface area contributed by atoms with E-state index in [2.05, 4.69) is 19.9 Å². The van der Waals surface area contributed by atoms with E-state index in [1.54, 1.807) is 0 Å². The molecule has 8 nitrogen and oxygen atoms in total. The molecule has 0 aliphatic carbocycles. The molecule has 2 aromatic heterocycles. The lowest BCUT2D eigenvalue weighted by Crippen LogP contribution is -2.02. The largest absolute Gasteiger partial charge is 0.478 e. The highest BCUT2D eigenvalue weighted by Gasteiger charge is 2.07. The number of pyridine rings is 1. The molecule has 0 saturated carbocycles. The standard InChI is InChI=1S/C7H5NO4.C6H4N2O/c9-6(10)4-1-5(7(11)12)3-8-2-4;1-2-4-6-5(3-1)7-9-8-6/h1-3H,(H,9,10)(H,11,12);1-4H. The summed E-state index contributed by atoms with van der Waals surface area (Å²) in [6.07, 6.45) is 2.18. The Labute approximate surface area is 117 Å². The maximum Gasteiger partial charge on any atom is 0.337 e. The SMILES string of the molecule is O=C(O)c1cncc(C(=O)O)c1.c1ccc2nonc2c1. The molecular weight excluding hydrogens is 278 g/mol. The minimum absolute atomic E-state index is 0.130. The fourth-order valence-electron chi connectivity index (χ4n) is 1.40. The number of rotatable bonds is 2. The second-order valence-electron chi connectivity index (χ2n) is 3.83. The maximum atomic E-state index is 10.3. The van der Waals surface area contributed by atoms with E-state index < -0.39 is 11.9 Å². The Bertz CT molecular complexity index is 725. The lowest BCUT2D eigenvalue weighted by molar-refractivity contribution is 0.0696. The van der Waals surface area contributed by atoms with E-state index in [4.69, 9.17) is 10.2 Å². The van der Waals surface area contributed by atoms with Gasteiger partial charge in [-0.25, -0.2) is 14.2 Å². The molecular formula is C13H9N3O5. The van der Waals surface area contributed by atoms with Crippen molar-refractivity contribution in [3.8, 4) is 0 Å². The van der Waals surface area contributed by atoms with Gasteiger partial charge in [0.15, 0.2) is 0 Å². The second-order valence-corrected chi connectivity index (χ2v) is 3.83. The van der Waals surface area contributed by atoms with E-state index in [1.165, 1.54) is 0 Å². The third-order valence-electron chi connectivity index (χ3n) is 2.39. The Balaban J connectivity index is 0.000000159. The van der Waals surface area contributed by atoms with Gasteiger partial charge in [-0.05, 0) is 28.5 Å². The number of nitrogens with zero attached hydrogens (tertiary/aromatic N) is 3. The van der Waals surface area contributed by atoms with Crippen molar-refractivity contribution in [1.82, 2.24) is 15.3 Å². The van der Waals surface area contributed by atoms with Crippen LogP contribution in [0.1, 0.15) is 20.7 Å². The van der Waals surface area contributed by atoms with Crippen molar-refractivity contribution in [2.45, 2.75) is 0 Å². The van der Waals surface area contributed by atoms with E-state index >= 15 is 0 Å². The zero-order valence-corrected chi connectivity index (χ0v) is 10.5. The second kappa shape index (κ2) is 6.24. The number of carboxylic acids is 2. The summed E-state index contributed by atoms with van der Waals surface area (Å²) in [5.74, 6) is -2.38. The smallest absolute Gasteiger partial charge is 0.337 e. The zero-order valence-electron chi connectivity index (χ0n) is 10.5. The minimum Gasteiger partial charge on any atom is -0.478 e. The monoisotopic (exact) mass is 287 g/mol. The van der Waals surface area contributed by atoms with Crippen molar-refractivity contribution in [2.24, 2.45) is 0 Å². The lowest BCUT2D eigenvalue weighted by Gasteiger charge is -1.94. The van der Waals surface area contributed by atoms with Crippen LogP contribution < -0.4 is 0 Å². The first-order valence-corrected chi connectivity index (χ1v) is 5.67. The predicted molar refractivity (Wildman–Crippen MR) is 70.0 cm³/mol. The van der Waals surface area contributed by atoms with Crippen LogP contribution in [0, 0.1) is 0 Å². The van der Waals surface area contributed by atoms with Crippen LogP contribution in [0.4, 0.5) is 0 Å². The van der Waals surface area contributed by atoms with Crippen molar-refractivity contribution in [3.05, 3.63) is 53.9 Å². The van der Waals surface area contributed by atoms with Gasteiger partial charge in [0, 0.05) is 12.4 Å². The van der Waals surface area contributed by atoms with Gasteiger partial charge in [-0.1, -0.05) is 12.1 Å². The molecule has 0 saturated heterocycles. The van der Waals surface area contributed by atoms with Gasteiger partial charge in [-0.2, -0.15) is 0 Å². The Morgan fingerprint density at radius 2 is 1.38 bits per heavy atom. The van der Waals surface area contributed by atoms with Crippen molar-refractivity contribution in [2.75, 3.05) is 0 Å². The average Bonchev–Trinajstić information content (AvgIpc) is 2.96. The first kappa shape index (κ1) is 14.1. The van der Waals surface area contributed by atoms with E-state index in [0.717, 1.165) is 29.5 Å². The quantitative estimate of drug-likeness (QED) is 0.729. The molecule has 0 fully saturated rings. The minimum atomic E-state index is -1.19. The molecule has 0 atom stereocenters. The molecule has 0 aliphatic rings. The average molecular weight is 287 g/mol. The zero-order chi connectivity index (χ0) is 15.2. The van der Waals surface area contributed by atoms with E-state index in [-0.39, 0.29) is 11.1 Å². The Morgan fingerprint density at radius 1 is 0.905 bits per heavy atom. The van der Waals surface area contributed by atoms with Crippen LogP contribution in [0.2, 0.25) is 0 Å². The fourth-order valence-corrected chi connectivity index (χ4v) is 1.40. The van der Waals surface area contributed by atoms with Crippen LogP contribution in [0.5, 0.6) is 0 Å². The number of aromatic carboxylic acids is 2. The molecule has 3 rings (SSSR count). The van der Waals surface area contributed by atoms with Gasteiger partial charge >= 0.3 is 11.9 Å². The molecule has 0 bridgehead atoms. The normalized spacial score (nSPS) is 9.71. The number of aromatic nitrogens is 3. The molecule has 3 aromatic rings. The van der Waals surface area contributed by atoms with Crippen LogP contribution in [-0.4, -0.2) is 37.4 Å². The highest BCUT2D eigenvalue weighted by atomic mass is 16.6. The van der Waals surface area contributed by atoms with Gasteiger partial charge in [-0.3, -0.25) is 4.98 Å². The van der Waals surface area contributed by atoms with Gasteiger partial charge in [0.1, 0.15) is 11.0 Å². The summed E-state index contributed by atoms with van der Waals surface area (Å²) in [6, 6.07) is 8.55. The summed E-state index contributed by atoms with van der Waals surface area (Å²) in [5.41, 5.74) is 1.35. The molecule has 106 valence electrons. The summed E-state index contributed by atoms with van der Waals surface area (Å²) in [5, 5.41) is 24.2. The van der Waals surface area contributed by atoms with Crippen LogP contribution in [0.3, 0.4) is 0 Å². The molecule has 0 spiro atoms. The van der Waals surface area contributed by atoms with Crippen molar-refractivity contribution >= 4 is 23.0 Å². The lowest BCUT2D eigenvalue weighted by atomic mass is 10.2. The third-order valence-corrected chi connectivity index (χ3v) is 2.39. The predicted octanol–water partition coefficient (Wildman–Crippen LogP) is 1.70. The summed E-state index contributed by atoms with van der Waals surface area (Å²) in [7, 11) is 0. The van der Waals surface area contributed by atoms with Crippen LogP contribution in [0.25, 0.3) is 11.0 Å². The summed E-state index contributed by atoms with van der Waals surface area (Å²) in [6.45, 7) is 0. The Morgan fingerprint density at radius 3 is 1.81 bits per heavy atom. The molecule has 0 aliphatic heterocycles. The fraction of sp³-hybridized carbons (Fsp3) is 0. The van der Waals surface area contributed by atoms with Crippen molar-refractivity contribution in [1.29, 1.82) is 0 Å². The first-order chi connectivity index (χ1) is 10.1. The molecule has 0 amide bonds.